The zero-order valence-electron chi connectivity index (χ0n) is 14.3. The molecule has 0 heterocycles. The van der Waals surface area contributed by atoms with E-state index in [1.54, 1.807) is 48.5 Å². The molecule has 136 valence electrons. The second-order valence-electron chi connectivity index (χ2n) is 5.57. The van der Waals surface area contributed by atoms with Crippen LogP contribution in [-0.2, 0) is 0 Å². The number of thiocarbonyl (C=S) groups is 1. The van der Waals surface area contributed by atoms with E-state index in [4.69, 9.17) is 23.8 Å². The van der Waals surface area contributed by atoms with E-state index < -0.39 is 0 Å². The Bertz CT molecular complexity index is 811. The largest absolute Gasteiger partial charge is 0.352 e. The van der Waals surface area contributed by atoms with Crippen LogP contribution in [0.4, 0.5) is 5.69 Å². The zero-order valence-corrected chi connectivity index (χ0v) is 15.9. The number of carbonyl (C=O) groups is 2. The van der Waals surface area contributed by atoms with Crippen LogP contribution in [0.15, 0.2) is 48.5 Å². The highest BCUT2D eigenvalue weighted by Gasteiger charge is 2.13. The summed E-state index contributed by atoms with van der Waals surface area (Å²) < 4.78 is 0. The number of nitrogens with one attached hydrogen (secondary N) is 3. The maximum Gasteiger partial charge on any atom is 0.257 e. The maximum atomic E-state index is 12.3. The number of para-hydroxylation sites is 1. The van der Waals surface area contributed by atoms with Crippen LogP contribution < -0.4 is 16.0 Å². The molecule has 7 heteroatoms. The lowest BCUT2D eigenvalue weighted by molar-refractivity contribution is 0.0952. The quantitative estimate of drug-likeness (QED) is 0.516. The molecular formula is C19H20ClN3O2S. The Morgan fingerprint density at radius 3 is 2.58 bits per heavy atom. The normalized spacial score (nSPS) is 10.1. The van der Waals surface area contributed by atoms with Gasteiger partial charge in [-0.1, -0.05) is 43.1 Å². The van der Waals surface area contributed by atoms with E-state index in [2.05, 4.69) is 22.9 Å². The molecule has 0 saturated heterocycles. The number of anilines is 1. The molecule has 0 unspecified atom stereocenters. The molecule has 0 aromatic heterocycles. The van der Waals surface area contributed by atoms with Crippen molar-refractivity contribution in [3.63, 3.8) is 0 Å². The highest BCUT2D eigenvalue weighted by molar-refractivity contribution is 7.80. The molecular weight excluding hydrogens is 370 g/mol. The Balaban J connectivity index is 2.02. The van der Waals surface area contributed by atoms with Crippen molar-refractivity contribution in [3.05, 3.63) is 64.7 Å². The molecule has 2 aromatic rings. The van der Waals surface area contributed by atoms with Crippen molar-refractivity contribution in [2.75, 3.05) is 11.9 Å². The number of rotatable bonds is 6. The van der Waals surface area contributed by atoms with Gasteiger partial charge in [-0.05, 0) is 49.0 Å². The lowest BCUT2D eigenvalue weighted by Crippen LogP contribution is -2.35. The van der Waals surface area contributed by atoms with E-state index in [0.29, 0.717) is 28.4 Å². The minimum Gasteiger partial charge on any atom is -0.352 e. The fourth-order valence-corrected chi connectivity index (χ4v) is 2.62. The van der Waals surface area contributed by atoms with E-state index in [-0.39, 0.29) is 16.9 Å². The summed E-state index contributed by atoms with van der Waals surface area (Å²) in [5.41, 5.74) is 1.38. The van der Waals surface area contributed by atoms with E-state index in [1.165, 1.54) is 0 Å². The van der Waals surface area contributed by atoms with Gasteiger partial charge in [-0.3, -0.25) is 14.9 Å². The number of amides is 2. The molecule has 0 radical (unpaired) electrons. The monoisotopic (exact) mass is 389 g/mol. The van der Waals surface area contributed by atoms with Gasteiger partial charge in [-0.2, -0.15) is 0 Å². The van der Waals surface area contributed by atoms with Crippen LogP contribution >= 0.6 is 23.8 Å². The average Bonchev–Trinajstić information content (AvgIpc) is 2.62. The summed E-state index contributed by atoms with van der Waals surface area (Å²) in [6.07, 6.45) is 1.91. The molecule has 2 rings (SSSR count). The molecule has 26 heavy (non-hydrogen) atoms. The highest BCUT2D eigenvalue weighted by atomic mass is 35.5. The van der Waals surface area contributed by atoms with E-state index in [0.717, 1.165) is 12.8 Å². The Morgan fingerprint density at radius 1 is 1.08 bits per heavy atom. The van der Waals surface area contributed by atoms with Gasteiger partial charge in [-0.15, -0.1) is 0 Å². The van der Waals surface area contributed by atoms with E-state index in [9.17, 15) is 9.59 Å². The Kier molecular flexibility index (Phi) is 7.56. The minimum absolute atomic E-state index is 0.101. The first-order valence-corrected chi connectivity index (χ1v) is 9.05. The van der Waals surface area contributed by atoms with E-state index in [1.807, 2.05) is 0 Å². The Hall–Kier alpha value is -2.44. The van der Waals surface area contributed by atoms with Crippen LogP contribution in [-0.4, -0.2) is 23.5 Å². The summed E-state index contributed by atoms with van der Waals surface area (Å²) in [7, 11) is 0. The first-order chi connectivity index (χ1) is 12.5. The third-order valence-electron chi connectivity index (χ3n) is 3.55. The van der Waals surface area contributed by atoms with Gasteiger partial charge < -0.3 is 10.6 Å². The molecule has 0 bridgehead atoms. The van der Waals surface area contributed by atoms with Gasteiger partial charge in [0.15, 0.2) is 5.11 Å². The molecule has 0 aliphatic heterocycles. The van der Waals surface area contributed by atoms with Gasteiger partial charge in [-0.25, -0.2) is 0 Å². The summed E-state index contributed by atoms with van der Waals surface area (Å²) in [4.78, 5) is 24.5. The molecule has 0 saturated carbocycles. The zero-order chi connectivity index (χ0) is 18.9. The molecule has 0 aliphatic carbocycles. The number of benzene rings is 2. The Morgan fingerprint density at radius 2 is 1.85 bits per heavy atom. The lowest BCUT2D eigenvalue weighted by atomic mass is 10.1. The SMILES string of the molecule is CCCCNC(=O)c1ccccc1NC(=S)NC(=O)c1cccc(Cl)c1. The standard InChI is InChI=1S/C19H20ClN3O2S/c1-2-3-11-21-18(25)15-9-4-5-10-16(15)22-19(26)23-17(24)13-7-6-8-14(20)12-13/h4-10,12H,2-3,11H2,1H3,(H,21,25)(H2,22,23,24,26). The van der Waals surface area contributed by atoms with Crippen LogP contribution in [0.3, 0.4) is 0 Å². The van der Waals surface area contributed by atoms with Gasteiger partial charge in [0.05, 0.1) is 11.3 Å². The molecule has 0 spiro atoms. The number of hydrogen-bond donors (Lipinski definition) is 3. The second-order valence-corrected chi connectivity index (χ2v) is 6.42. The van der Waals surface area contributed by atoms with Crippen LogP contribution in [0.5, 0.6) is 0 Å². The van der Waals surface area contributed by atoms with Gasteiger partial charge in [0.25, 0.3) is 11.8 Å². The van der Waals surface area contributed by atoms with Crippen molar-refractivity contribution in [2.24, 2.45) is 0 Å². The number of halogens is 1. The summed E-state index contributed by atoms with van der Waals surface area (Å²) in [6.45, 7) is 2.67. The summed E-state index contributed by atoms with van der Waals surface area (Å²) in [5.74, 6) is -0.569. The van der Waals surface area contributed by atoms with Crippen molar-refractivity contribution in [3.8, 4) is 0 Å². The van der Waals surface area contributed by atoms with Crippen LogP contribution in [0.25, 0.3) is 0 Å². The number of unbranched alkanes of at least 4 members (excludes halogenated alkanes) is 1. The summed E-state index contributed by atoms with van der Waals surface area (Å²) >= 11 is 11.1. The summed E-state index contributed by atoms with van der Waals surface area (Å²) in [5, 5.41) is 8.91. The van der Waals surface area contributed by atoms with Gasteiger partial charge in [0.2, 0.25) is 0 Å². The summed E-state index contributed by atoms with van der Waals surface area (Å²) in [6, 6.07) is 13.5. The van der Waals surface area contributed by atoms with Crippen LogP contribution in [0.1, 0.15) is 40.5 Å². The van der Waals surface area contributed by atoms with Crippen LogP contribution in [0.2, 0.25) is 5.02 Å². The third kappa shape index (κ3) is 5.82. The van der Waals surface area contributed by atoms with Crippen molar-refractivity contribution in [1.82, 2.24) is 10.6 Å². The first-order valence-electron chi connectivity index (χ1n) is 8.26. The fraction of sp³-hybridized carbons (Fsp3) is 0.211. The number of hydrogen-bond acceptors (Lipinski definition) is 3. The van der Waals surface area contributed by atoms with Crippen molar-refractivity contribution >= 4 is 46.4 Å². The van der Waals surface area contributed by atoms with Crippen molar-refractivity contribution < 1.29 is 9.59 Å². The van der Waals surface area contributed by atoms with Gasteiger partial charge >= 0.3 is 0 Å². The number of carbonyl (C=O) groups excluding carboxylic acids is 2. The molecule has 0 aliphatic rings. The fourth-order valence-electron chi connectivity index (χ4n) is 2.22. The second kappa shape index (κ2) is 9.89. The van der Waals surface area contributed by atoms with Gasteiger partial charge in [0, 0.05) is 17.1 Å². The molecule has 0 atom stereocenters. The van der Waals surface area contributed by atoms with Crippen molar-refractivity contribution in [1.29, 1.82) is 0 Å². The maximum absolute atomic E-state index is 12.3. The Labute approximate surface area is 163 Å². The molecule has 5 nitrogen and oxygen atoms in total. The molecule has 3 N–H and O–H groups in total. The van der Waals surface area contributed by atoms with Crippen molar-refractivity contribution in [2.45, 2.75) is 19.8 Å². The lowest BCUT2D eigenvalue weighted by Gasteiger charge is -2.13. The minimum atomic E-state index is -0.380. The first kappa shape index (κ1) is 19.9. The predicted octanol–water partition coefficient (Wildman–Crippen LogP) is 4.00. The van der Waals surface area contributed by atoms with Crippen LogP contribution in [0, 0.1) is 0 Å². The smallest absolute Gasteiger partial charge is 0.257 e. The average molecular weight is 390 g/mol. The third-order valence-corrected chi connectivity index (χ3v) is 3.99. The molecule has 0 fully saturated rings. The highest BCUT2D eigenvalue weighted by Crippen LogP contribution is 2.15. The molecule has 2 aromatic carbocycles. The van der Waals surface area contributed by atoms with E-state index >= 15 is 0 Å². The topological polar surface area (TPSA) is 70.2 Å². The molecule has 2 amide bonds. The predicted molar refractivity (Wildman–Crippen MR) is 109 cm³/mol. The van der Waals surface area contributed by atoms with Gasteiger partial charge in [0.1, 0.15) is 0 Å².